The van der Waals surface area contributed by atoms with Gasteiger partial charge in [-0.05, 0) is 19.3 Å². The van der Waals surface area contributed by atoms with E-state index in [1.807, 2.05) is 0 Å². The molecule has 2 N–H and O–H groups in total. The molecule has 1 atom stereocenters. The van der Waals surface area contributed by atoms with Crippen molar-refractivity contribution in [1.29, 1.82) is 0 Å². The van der Waals surface area contributed by atoms with Crippen LogP contribution in [0.25, 0.3) is 0 Å². The number of hydrogen-bond acceptors (Lipinski definition) is 3. The van der Waals surface area contributed by atoms with Gasteiger partial charge in [-0.2, -0.15) is 0 Å². The molecule has 3 nitrogen and oxygen atoms in total. The van der Waals surface area contributed by atoms with Crippen LogP contribution in [0.1, 0.15) is 52.4 Å². The molecule has 1 saturated carbocycles. The molecule has 0 aromatic carbocycles. The van der Waals surface area contributed by atoms with Crippen LogP contribution in [-0.2, 0) is 4.74 Å². The number of aliphatic hydroxyl groups is 1. The van der Waals surface area contributed by atoms with E-state index in [4.69, 9.17) is 4.74 Å². The predicted molar refractivity (Wildman–Crippen MR) is 71.2 cm³/mol. The lowest BCUT2D eigenvalue weighted by Gasteiger charge is -2.26. The van der Waals surface area contributed by atoms with Crippen LogP contribution >= 0.6 is 0 Å². The normalized spacial score (nSPS) is 21.4. The van der Waals surface area contributed by atoms with Gasteiger partial charge < -0.3 is 15.2 Å². The molecule has 1 unspecified atom stereocenters. The molecular weight excluding hydrogens is 214 g/mol. The minimum absolute atomic E-state index is 0.0187. The number of hydrogen-bond donors (Lipinski definition) is 2. The summed E-state index contributed by atoms with van der Waals surface area (Å²) in [7, 11) is 0. The zero-order chi connectivity index (χ0) is 12.6. The van der Waals surface area contributed by atoms with Gasteiger partial charge in [0.1, 0.15) is 0 Å². The first-order chi connectivity index (χ1) is 8.20. The lowest BCUT2D eigenvalue weighted by atomic mass is 9.89. The molecule has 0 spiro atoms. The summed E-state index contributed by atoms with van der Waals surface area (Å²) in [6, 6.07) is 0. The van der Waals surface area contributed by atoms with Crippen molar-refractivity contribution in [2.24, 2.45) is 5.41 Å². The number of nitrogens with one attached hydrogen (secondary N) is 1. The van der Waals surface area contributed by atoms with Gasteiger partial charge >= 0.3 is 0 Å². The summed E-state index contributed by atoms with van der Waals surface area (Å²) in [4.78, 5) is 0. The summed E-state index contributed by atoms with van der Waals surface area (Å²) in [5.74, 6) is 0. The standard InChI is InChI=1S/C14H29NO2/c1-3-14(2,12-16)11-15-9-10-17-13-7-5-4-6-8-13/h13,15-16H,3-12H2,1-2H3. The Bertz CT molecular complexity index is 187. The molecule has 0 aromatic rings. The van der Waals surface area contributed by atoms with Crippen molar-refractivity contribution >= 4 is 0 Å². The maximum atomic E-state index is 9.27. The smallest absolute Gasteiger partial charge is 0.0594 e. The maximum Gasteiger partial charge on any atom is 0.0594 e. The molecule has 0 radical (unpaired) electrons. The van der Waals surface area contributed by atoms with Crippen molar-refractivity contribution < 1.29 is 9.84 Å². The van der Waals surface area contributed by atoms with Crippen molar-refractivity contribution in [3.63, 3.8) is 0 Å². The first kappa shape index (κ1) is 14.9. The Morgan fingerprint density at radius 1 is 1.29 bits per heavy atom. The van der Waals surface area contributed by atoms with Crippen LogP contribution in [0, 0.1) is 5.41 Å². The van der Waals surface area contributed by atoms with E-state index in [1.165, 1.54) is 32.1 Å². The highest BCUT2D eigenvalue weighted by molar-refractivity contribution is 4.74. The molecule has 1 rings (SSSR count). The third kappa shape index (κ3) is 5.84. The lowest BCUT2D eigenvalue weighted by Crippen LogP contribution is -2.36. The third-order valence-electron chi connectivity index (χ3n) is 3.97. The second kappa shape index (κ2) is 8.06. The van der Waals surface area contributed by atoms with Gasteiger partial charge in [0.05, 0.1) is 12.7 Å². The van der Waals surface area contributed by atoms with E-state index < -0.39 is 0 Å². The van der Waals surface area contributed by atoms with Gasteiger partial charge in [-0.3, -0.25) is 0 Å². The molecule has 1 fully saturated rings. The zero-order valence-electron chi connectivity index (χ0n) is 11.5. The minimum Gasteiger partial charge on any atom is -0.396 e. The van der Waals surface area contributed by atoms with Gasteiger partial charge in [0.25, 0.3) is 0 Å². The van der Waals surface area contributed by atoms with E-state index in [-0.39, 0.29) is 12.0 Å². The van der Waals surface area contributed by atoms with E-state index in [0.29, 0.717) is 6.10 Å². The van der Waals surface area contributed by atoms with Gasteiger partial charge in [0.15, 0.2) is 0 Å². The van der Waals surface area contributed by atoms with Crippen molar-refractivity contribution in [3.8, 4) is 0 Å². The largest absolute Gasteiger partial charge is 0.396 e. The van der Waals surface area contributed by atoms with Crippen molar-refractivity contribution in [2.45, 2.75) is 58.5 Å². The van der Waals surface area contributed by atoms with Crippen LogP contribution < -0.4 is 5.32 Å². The number of aliphatic hydroxyl groups excluding tert-OH is 1. The van der Waals surface area contributed by atoms with E-state index in [0.717, 1.165) is 26.1 Å². The Morgan fingerprint density at radius 2 is 2.00 bits per heavy atom. The SMILES string of the molecule is CCC(C)(CO)CNCCOC1CCCCC1. The summed E-state index contributed by atoms with van der Waals surface area (Å²) >= 11 is 0. The Kier molecular flexibility index (Phi) is 7.09. The number of ether oxygens (including phenoxy) is 1. The van der Waals surface area contributed by atoms with E-state index in [9.17, 15) is 5.11 Å². The lowest BCUT2D eigenvalue weighted by molar-refractivity contribution is 0.0285. The molecule has 0 aromatic heterocycles. The van der Waals surface area contributed by atoms with Crippen LogP contribution in [0.4, 0.5) is 0 Å². The Labute approximate surface area is 106 Å². The molecule has 1 aliphatic carbocycles. The Balaban J connectivity index is 2.00. The Hall–Kier alpha value is -0.120. The van der Waals surface area contributed by atoms with Gasteiger partial charge in [-0.25, -0.2) is 0 Å². The Morgan fingerprint density at radius 3 is 2.59 bits per heavy atom. The molecule has 0 amide bonds. The summed E-state index contributed by atoms with van der Waals surface area (Å²) in [5.41, 5.74) is 0.0187. The molecule has 3 heteroatoms. The van der Waals surface area contributed by atoms with Gasteiger partial charge in [0.2, 0.25) is 0 Å². The van der Waals surface area contributed by atoms with Gasteiger partial charge in [0, 0.05) is 25.1 Å². The summed E-state index contributed by atoms with van der Waals surface area (Å²) in [6.07, 6.45) is 8.02. The van der Waals surface area contributed by atoms with Crippen molar-refractivity contribution in [2.75, 3.05) is 26.3 Å². The van der Waals surface area contributed by atoms with Crippen LogP contribution in [0.15, 0.2) is 0 Å². The molecule has 0 aliphatic heterocycles. The fraction of sp³-hybridized carbons (Fsp3) is 1.00. The fourth-order valence-electron chi connectivity index (χ4n) is 2.21. The monoisotopic (exact) mass is 243 g/mol. The summed E-state index contributed by atoms with van der Waals surface area (Å²) < 4.78 is 5.84. The molecular formula is C14H29NO2. The van der Waals surface area contributed by atoms with Crippen LogP contribution in [0.5, 0.6) is 0 Å². The molecule has 0 saturated heterocycles. The maximum absolute atomic E-state index is 9.27. The van der Waals surface area contributed by atoms with Crippen molar-refractivity contribution in [3.05, 3.63) is 0 Å². The predicted octanol–water partition coefficient (Wildman–Crippen LogP) is 2.33. The molecule has 17 heavy (non-hydrogen) atoms. The van der Waals surface area contributed by atoms with Crippen LogP contribution in [0.2, 0.25) is 0 Å². The molecule has 1 aliphatic rings. The second-order valence-corrected chi connectivity index (χ2v) is 5.63. The quantitative estimate of drug-likeness (QED) is 0.643. The zero-order valence-corrected chi connectivity index (χ0v) is 11.5. The van der Waals surface area contributed by atoms with Crippen molar-refractivity contribution in [1.82, 2.24) is 5.32 Å². The molecule has 0 heterocycles. The summed E-state index contributed by atoms with van der Waals surface area (Å²) in [6.45, 7) is 7.05. The number of rotatable bonds is 8. The van der Waals surface area contributed by atoms with E-state index in [2.05, 4.69) is 19.2 Å². The summed E-state index contributed by atoms with van der Waals surface area (Å²) in [5, 5.41) is 12.7. The fourth-order valence-corrected chi connectivity index (χ4v) is 2.21. The second-order valence-electron chi connectivity index (χ2n) is 5.63. The molecule has 102 valence electrons. The van der Waals surface area contributed by atoms with E-state index >= 15 is 0 Å². The van der Waals surface area contributed by atoms with E-state index in [1.54, 1.807) is 0 Å². The first-order valence-corrected chi connectivity index (χ1v) is 7.13. The van der Waals surface area contributed by atoms with Gasteiger partial charge in [-0.1, -0.05) is 33.1 Å². The topological polar surface area (TPSA) is 41.5 Å². The highest BCUT2D eigenvalue weighted by Gasteiger charge is 2.20. The average Bonchev–Trinajstić information content (AvgIpc) is 2.39. The molecule has 0 bridgehead atoms. The highest BCUT2D eigenvalue weighted by atomic mass is 16.5. The first-order valence-electron chi connectivity index (χ1n) is 7.13. The average molecular weight is 243 g/mol. The highest BCUT2D eigenvalue weighted by Crippen LogP contribution is 2.20. The van der Waals surface area contributed by atoms with Crippen LogP contribution in [0.3, 0.4) is 0 Å². The third-order valence-corrected chi connectivity index (χ3v) is 3.97. The van der Waals surface area contributed by atoms with Gasteiger partial charge in [-0.15, -0.1) is 0 Å². The van der Waals surface area contributed by atoms with Crippen LogP contribution in [-0.4, -0.2) is 37.5 Å². The minimum atomic E-state index is 0.0187.